The van der Waals surface area contributed by atoms with Gasteiger partial charge in [-0.2, -0.15) is 0 Å². The van der Waals surface area contributed by atoms with Crippen molar-refractivity contribution in [1.82, 2.24) is 15.1 Å². The van der Waals surface area contributed by atoms with Gasteiger partial charge in [-0.05, 0) is 31.7 Å². The van der Waals surface area contributed by atoms with E-state index in [-0.39, 0.29) is 47.2 Å². The fourth-order valence-electron chi connectivity index (χ4n) is 4.40. The first-order valence-electron chi connectivity index (χ1n) is 10.1. The first-order valence-corrected chi connectivity index (χ1v) is 10.5. The fourth-order valence-corrected chi connectivity index (χ4v) is 4.62. The Morgan fingerprint density at radius 3 is 2.53 bits per heavy atom. The Morgan fingerprint density at radius 2 is 1.97 bits per heavy atom. The Kier molecular flexibility index (Phi) is 6.68. The van der Waals surface area contributed by atoms with Crippen LogP contribution in [0.3, 0.4) is 0 Å². The Bertz CT molecular complexity index is 971. The number of aliphatic hydroxyl groups excluding tert-OH is 1. The highest BCUT2D eigenvalue weighted by molar-refractivity contribution is 6.32. The molecule has 1 aromatic carbocycles. The van der Waals surface area contributed by atoms with Crippen molar-refractivity contribution in [2.45, 2.75) is 26.0 Å². The lowest BCUT2D eigenvalue weighted by Gasteiger charge is -2.46. The Morgan fingerprint density at radius 1 is 1.31 bits per heavy atom. The summed E-state index contributed by atoms with van der Waals surface area (Å²) in [5, 5.41) is 41.2. The monoisotopic (exact) mass is 467 g/mol. The number of amides is 2. The number of fused-ring (bicyclic) bond motifs is 1. The zero-order chi connectivity index (χ0) is 23.9. The molecule has 1 aromatic rings. The van der Waals surface area contributed by atoms with Crippen LogP contribution in [-0.2, 0) is 9.59 Å². The first kappa shape index (κ1) is 23.8. The number of nitrogens with zero attached hydrogens (tertiary/aromatic N) is 2. The summed E-state index contributed by atoms with van der Waals surface area (Å²) in [6.07, 6.45) is -0.860. The lowest BCUT2D eigenvalue weighted by molar-refractivity contribution is -0.163. The average Bonchev–Trinajstić information content (AvgIpc) is 2.94. The fraction of sp³-hybridized carbons (Fsp3) is 0.476. The number of carbonyl (C=O) groups is 3. The molecular formula is C21H26ClN3O7. The lowest BCUT2D eigenvalue weighted by Crippen LogP contribution is -2.63. The van der Waals surface area contributed by atoms with Crippen LogP contribution >= 0.6 is 11.6 Å². The molecule has 0 unspecified atom stereocenters. The molecule has 0 aliphatic carbocycles. The molecule has 2 aliphatic heterocycles. The van der Waals surface area contributed by atoms with E-state index in [2.05, 4.69) is 5.32 Å². The van der Waals surface area contributed by atoms with Crippen molar-refractivity contribution in [2.75, 3.05) is 26.7 Å². The van der Waals surface area contributed by atoms with Crippen LogP contribution in [-0.4, -0.2) is 86.8 Å². The van der Waals surface area contributed by atoms with E-state index in [1.54, 1.807) is 7.05 Å². The number of phenolic OH excluding ortho intramolecular Hbond substituents is 2. The Balaban J connectivity index is 1.62. The average molecular weight is 468 g/mol. The van der Waals surface area contributed by atoms with E-state index in [0.29, 0.717) is 12.1 Å². The number of carbonyl (C=O) groups excluding carboxylic acids is 2. The highest BCUT2D eigenvalue weighted by Crippen LogP contribution is 2.47. The van der Waals surface area contributed by atoms with Gasteiger partial charge in [0.15, 0.2) is 11.5 Å². The van der Waals surface area contributed by atoms with Crippen molar-refractivity contribution in [1.29, 1.82) is 0 Å². The van der Waals surface area contributed by atoms with Gasteiger partial charge in [-0.25, -0.2) is 4.79 Å². The quantitative estimate of drug-likeness (QED) is 0.275. The third kappa shape index (κ3) is 4.13. The third-order valence-corrected chi connectivity index (χ3v) is 6.33. The minimum absolute atomic E-state index is 0.0329. The van der Waals surface area contributed by atoms with Crippen LogP contribution in [0.25, 0.3) is 0 Å². The summed E-state index contributed by atoms with van der Waals surface area (Å²) in [6.45, 7) is 4.26. The zero-order valence-electron chi connectivity index (χ0n) is 17.9. The number of carboxylic acids is 1. The third-order valence-electron chi connectivity index (χ3n) is 6.04. The van der Waals surface area contributed by atoms with E-state index in [0.717, 1.165) is 6.07 Å². The smallest absolute Gasteiger partial charge is 0.352 e. The summed E-state index contributed by atoms with van der Waals surface area (Å²) in [5.41, 5.74) is 0.651. The normalized spacial score (nSPS) is 23.2. The minimum Gasteiger partial charge on any atom is -0.504 e. The first-order chi connectivity index (χ1) is 15.0. The van der Waals surface area contributed by atoms with Gasteiger partial charge in [0, 0.05) is 31.1 Å². The summed E-state index contributed by atoms with van der Waals surface area (Å²) in [7, 11) is 1.76. The standard InChI is InChI=1S/C21H26ClN3O7/c1-9-12(17(21(31)32)25-16(9)15(10(2)26)20(25)30)8-24(3)5-4-23-19(29)11-6-13(22)18(28)14(27)7-11/h6-7,9-10,15-16,26-28H,4-5,8H2,1-3H3,(H,23,29)(H,31,32)/t9-,10+,15+,16+/m0/s1. The van der Waals surface area contributed by atoms with Crippen LogP contribution < -0.4 is 5.32 Å². The second kappa shape index (κ2) is 8.97. The van der Waals surface area contributed by atoms with Gasteiger partial charge in [-0.1, -0.05) is 18.5 Å². The summed E-state index contributed by atoms with van der Waals surface area (Å²) < 4.78 is 0. The number of β-lactam (4-membered cyclic amide) rings is 1. The molecule has 2 aliphatic rings. The number of aliphatic carboxylic acids is 1. The second-order valence-corrected chi connectivity index (χ2v) is 8.66. The molecule has 0 saturated carbocycles. The largest absolute Gasteiger partial charge is 0.504 e. The number of hydrogen-bond donors (Lipinski definition) is 5. The number of likely N-dealkylation sites (N-methyl/N-ethyl adjacent to an activating group) is 1. The summed E-state index contributed by atoms with van der Waals surface area (Å²) in [6, 6.07) is 1.97. The maximum absolute atomic E-state index is 12.4. The molecule has 4 atom stereocenters. The number of aliphatic hydroxyl groups is 1. The van der Waals surface area contributed by atoms with Crippen molar-refractivity contribution in [2.24, 2.45) is 11.8 Å². The molecule has 2 amide bonds. The molecule has 10 nitrogen and oxygen atoms in total. The molecule has 0 bridgehead atoms. The van der Waals surface area contributed by atoms with Gasteiger partial charge in [0.05, 0.1) is 23.1 Å². The summed E-state index contributed by atoms with van der Waals surface area (Å²) in [4.78, 5) is 39.6. The Hall–Kier alpha value is -2.82. The van der Waals surface area contributed by atoms with Crippen LogP contribution in [0.15, 0.2) is 23.4 Å². The number of halogens is 1. The topological polar surface area (TPSA) is 151 Å². The molecule has 1 saturated heterocycles. The highest BCUT2D eigenvalue weighted by Gasteiger charge is 2.59. The molecule has 2 heterocycles. The minimum atomic E-state index is -1.18. The van der Waals surface area contributed by atoms with Crippen LogP contribution in [0.5, 0.6) is 11.5 Å². The lowest BCUT2D eigenvalue weighted by atomic mass is 9.77. The van der Waals surface area contributed by atoms with Gasteiger partial charge < -0.3 is 35.5 Å². The maximum atomic E-state index is 12.4. The van der Waals surface area contributed by atoms with E-state index >= 15 is 0 Å². The van der Waals surface area contributed by atoms with E-state index in [4.69, 9.17) is 11.6 Å². The van der Waals surface area contributed by atoms with E-state index in [1.807, 2.05) is 11.8 Å². The zero-order valence-corrected chi connectivity index (χ0v) is 18.6. The second-order valence-electron chi connectivity index (χ2n) is 8.25. The summed E-state index contributed by atoms with van der Waals surface area (Å²) >= 11 is 5.77. The van der Waals surface area contributed by atoms with Gasteiger partial charge >= 0.3 is 5.97 Å². The number of nitrogens with one attached hydrogen (secondary N) is 1. The molecular weight excluding hydrogens is 442 g/mol. The van der Waals surface area contributed by atoms with Gasteiger partial charge in [-0.15, -0.1) is 0 Å². The van der Waals surface area contributed by atoms with Crippen LogP contribution in [0.2, 0.25) is 5.02 Å². The van der Waals surface area contributed by atoms with Gasteiger partial charge in [0.2, 0.25) is 5.91 Å². The van der Waals surface area contributed by atoms with Crippen LogP contribution in [0, 0.1) is 11.8 Å². The number of rotatable bonds is 8. The predicted molar refractivity (Wildman–Crippen MR) is 114 cm³/mol. The van der Waals surface area contributed by atoms with Gasteiger partial charge in [0.1, 0.15) is 5.70 Å². The van der Waals surface area contributed by atoms with Crippen molar-refractivity contribution in [3.05, 3.63) is 34.0 Å². The molecule has 3 rings (SSSR count). The molecule has 32 heavy (non-hydrogen) atoms. The molecule has 0 spiro atoms. The SMILES string of the molecule is C[C@@H](O)[C@H]1C(=O)N2C(C(=O)O)=C(CN(C)CCNC(=O)c3cc(O)c(O)c(Cl)c3)[C@H](C)[C@H]12. The van der Waals surface area contributed by atoms with E-state index in [1.165, 1.54) is 17.9 Å². The molecule has 5 N–H and O–H groups in total. The number of aromatic hydroxyl groups is 2. The van der Waals surface area contributed by atoms with Crippen LogP contribution in [0.1, 0.15) is 24.2 Å². The van der Waals surface area contributed by atoms with E-state index < -0.39 is 35.4 Å². The Labute approximate surface area is 189 Å². The van der Waals surface area contributed by atoms with Crippen molar-refractivity contribution in [3.8, 4) is 11.5 Å². The van der Waals surface area contributed by atoms with Gasteiger partial charge in [-0.3, -0.25) is 9.59 Å². The number of carboxylic acid groups (broad SMARTS) is 1. The maximum Gasteiger partial charge on any atom is 0.352 e. The van der Waals surface area contributed by atoms with Crippen molar-refractivity contribution >= 4 is 29.4 Å². The van der Waals surface area contributed by atoms with Crippen LogP contribution in [0.4, 0.5) is 0 Å². The number of phenols is 2. The highest BCUT2D eigenvalue weighted by atomic mass is 35.5. The van der Waals surface area contributed by atoms with E-state index in [9.17, 15) is 34.8 Å². The van der Waals surface area contributed by atoms with Crippen molar-refractivity contribution < 1.29 is 34.8 Å². The molecule has 11 heteroatoms. The molecule has 174 valence electrons. The number of hydrogen-bond acceptors (Lipinski definition) is 7. The van der Waals surface area contributed by atoms with Crippen molar-refractivity contribution in [3.63, 3.8) is 0 Å². The summed E-state index contributed by atoms with van der Waals surface area (Å²) in [5.74, 6) is -3.90. The predicted octanol–water partition coefficient (Wildman–Crippen LogP) is 0.609. The van der Waals surface area contributed by atoms with Gasteiger partial charge in [0.25, 0.3) is 5.91 Å². The number of benzene rings is 1. The molecule has 0 aromatic heterocycles. The molecule has 0 radical (unpaired) electrons. The molecule has 1 fully saturated rings.